The SMILES string of the molecule is C[C@H]1C[C@@H](C(=O)N2CCN(c3ccccn3)CC2)CCN1. The van der Waals surface area contributed by atoms with Crippen LogP contribution in [0.15, 0.2) is 24.4 Å². The molecule has 0 unspecified atom stereocenters. The minimum absolute atomic E-state index is 0.211. The highest BCUT2D eigenvalue weighted by atomic mass is 16.2. The van der Waals surface area contributed by atoms with Crippen molar-refractivity contribution in [2.75, 3.05) is 37.6 Å². The molecule has 3 rings (SSSR count). The Hall–Kier alpha value is -1.62. The van der Waals surface area contributed by atoms with Crippen molar-refractivity contribution >= 4 is 11.7 Å². The van der Waals surface area contributed by atoms with Crippen LogP contribution >= 0.6 is 0 Å². The minimum Gasteiger partial charge on any atom is -0.353 e. The fraction of sp³-hybridized carbons (Fsp3) is 0.625. The van der Waals surface area contributed by atoms with Crippen molar-refractivity contribution in [3.8, 4) is 0 Å². The molecule has 21 heavy (non-hydrogen) atoms. The van der Waals surface area contributed by atoms with Gasteiger partial charge in [-0.2, -0.15) is 0 Å². The first kappa shape index (κ1) is 14.3. The van der Waals surface area contributed by atoms with E-state index >= 15 is 0 Å². The van der Waals surface area contributed by atoms with E-state index < -0.39 is 0 Å². The fourth-order valence-electron chi connectivity index (χ4n) is 3.31. The van der Waals surface area contributed by atoms with Gasteiger partial charge in [-0.3, -0.25) is 4.79 Å². The van der Waals surface area contributed by atoms with E-state index in [1.807, 2.05) is 29.3 Å². The summed E-state index contributed by atoms with van der Waals surface area (Å²) in [6.07, 6.45) is 3.77. The molecule has 0 bridgehead atoms. The normalized spacial score (nSPS) is 26.7. The van der Waals surface area contributed by atoms with Crippen LogP contribution in [-0.2, 0) is 4.79 Å². The molecule has 0 radical (unpaired) electrons. The van der Waals surface area contributed by atoms with Gasteiger partial charge in [0.15, 0.2) is 0 Å². The number of anilines is 1. The number of nitrogens with zero attached hydrogens (tertiary/aromatic N) is 3. The number of nitrogens with one attached hydrogen (secondary N) is 1. The lowest BCUT2D eigenvalue weighted by Crippen LogP contribution is -2.52. The van der Waals surface area contributed by atoms with Crippen LogP contribution in [0.3, 0.4) is 0 Å². The third-order valence-corrected chi connectivity index (χ3v) is 4.54. The number of hydrogen-bond acceptors (Lipinski definition) is 4. The van der Waals surface area contributed by atoms with E-state index in [4.69, 9.17) is 0 Å². The molecule has 2 atom stereocenters. The van der Waals surface area contributed by atoms with Crippen molar-refractivity contribution in [3.05, 3.63) is 24.4 Å². The molecule has 1 N–H and O–H groups in total. The summed E-state index contributed by atoms with van der Waals surface area (Å²) in [6.45, 7) is 6.51. The van der Waals surface area contributed by atoms with Gasteiger partial charge >= 0.3 is 0 Å². The molecule has 1 aromatic heterocycles. The Morgan fingerprint density at radius 3 is 2.76 bits per heavy atom. The zero-order valence-corrected chi connectivity index (χ0v) is 12.7. The summed E-state index contributed by atoms with van der Waals surface area (Å²) >= 11 is 0. The second kappa shape index (κ2) is 6.43. The van der Waals surface area contributed by atoms with Crippen LogP contribution in [0, 0.1) is 5.92 Å². The summed E-state index contributed by atoms with van der Waals surface area (Å²) in [5, 5.41) is 3.41. The smallest absolute Gasteiger partial charge is 0.225 e. The Bertz CT molecular complexity index is 470. The van der Waals surface area contributed by atoms with Gasteiger partial charge in [-0.25, -0.2) is 4.98 Å². The van der Waals surface area contributed by atoms with Gasteiger partial charge < -0.3 is 15.1 Å². The van der Waals surface area contributed by atoms with Crippen LogP contribution in [-0.4, -0.2) is 54.6 Å². The monoisotopic (exact) mass is 288 g/mol. The molecule has 2 fully saturated rings. The molecular weight excluding hydrogens is 264 g/mol. The standard InChI is InChI=1S/C16H24N4O/c1-13-12-14(5-7-17-13)16(21)20-10-8-19(9-11-20)15-4-2-3-6-18-15/h2-4,6,13-14,17H,5,7-12H2,1H3/t13-,14-/m0/s1. The fourth-order valence-corrected chi connectivity index (χ4v) is 3.31. The van der Waals surface area contributed by atoms with Gasteiger partial charge in [0.2, 0.25) is 5.91 Å². The van der Waals surface area contributed by atoms with Crippen molar-refractivity contribution in [1.82, 2.24) is 15.2 Å². The van der Waals surface area contributed by atoms with Crippen LogP contribution in [0.2, 0.25) is 0 Å². The highest BCUT2D eigenvalue weighted by Gasteiger charge is 2.30. The molecule has 0 aliphatic carbocycles. The van der Waals surface area contributed by atoms with Gasteiger partial charge in [0.05, 0.1) is 0 Å². The van der Waals surface area contributed by atoms with Gasteiger partial charge in [-0.05, 0) is 38.4 Å². The quantitative estimate of drug-likeness (QED) is 0.886. The van der Waals surface area contributed by atoms with E-state index in [2.05, 4.69) is 22.1 Å². The molecule has 1 amide bonds. The molecule has 3 heterocycles. The number of pyridine rings is 1. The topological polar surface area (TPSA) is 48.5 Å². The highest BCUT2D eigenvalue weighted by Crippen LogP contribution is 2.20. The predicted molar refractivity (Wildman–Crippen MR) is 83.2 cm³/mol. The Morgan fingerprint density at radius 2 is 2.10 bits per heavy atom. The molecule has 114 valence electrons. The molecule has 5 nitrogen and oxygen atoms in total. The lowest BCUT2D eigenvalue weighted by Gasteiger charge is -2.38. The van der Waals surface area contributed by atoms with Gasteiger partial charge in [0.1, 0.15) is 5.82 Å². The molecule has 0 saturated carbocycles. The van der Waals surface area contributed by atoms with Crippen molar-refractivity contribution in [3.63, 3.8) is 0 Å². The molecule has 0 aromatic carbocycles. The molecule has 2 aliphatic heterocycles. The minimum atomic E-state index is 0.211. The maximum absolute atomic E-state index is 12.6. The number of hydrogen-bond donors (Lipinski definition) is 1. The Morgan fingerprint density at radius 1 is 1.29 bits per heavy atom. The summed E-state index contributed by atoms with van der Waals surface area (Å²) in [7, 11) is 0. The van der Waals surface area contributed by atoms with Gasteiger partial charge in [-0.1, -0.05) is 6.07 Å². The molecule has 5 heteroatoms. The maximum atomic E-state index is 12.6. The van der Waals surface area contributed by atoms with E-state index in [0.29, 0.717) is 11.9 Å². The van der Waals surface area contributed by atoms with Crippen molar-refractivity contribution in [2.24, 2.45) is 5.92 Å². The van der Waals surface area contributed by atoms with E-state index in [-0.39, 0.29) is 5.92 Å². The average molecular weight is 288 g/mol. The molecular formula is C16H24N4O. The van der Waals surface area contributed by atoms with Crippen LogP contribution < -0.4 is 10.2 Å². The van der Waals surface area contributed by atoms with E-state index in [0.717, 1.165) is 51.4 Å². The van der Waals surface area contributed by atoms with Crippen LogP contribution in [0.5, 0.6) is 0 Å². The maximum Gasteiger partial charge on any atom is 0.225 e. The second-order valence-corrected chi connectivity index (χ2v) is 6.08. The summed E-state index contributed by atoms with van der Waals surface area (Å²) in [6, 6.07) is 6.44. The lowest BCUT2D eigenvalue weighted by molar-refractivity contribution is -0.137. The number of piperidine rings is 1. The Kier molecular flexibility index (Phi) is 4.39. The van der Waals surface area contributed by atoms with Crippen molar-refractivity contribution < 1.29 is 4.79 Å². The van der Waals surface area contributed by atoms with Crippen molar-refractivity contribution in [2.45, 2.75) is 25.8 Å². The molecule has 1 aromatic rings. The van der Waals surface area contributed by atoms with Crippen LogP contribution in [0.4, 0.5) is 5.82 Å². The van der Waals surface area contributed by atoms with Crippen LogP contribution in [0.1, 0.15) is 19.8 Å². The number of piperazine rings is 1. The zero-order chi connectivity index (χ0) is 14.7. The third-order valence-electron chi connectivity index (χ3n) is 4.54. The second-order valence-electron chi connectivity index (χ2n) is 6.08. The first-order valence-corrected chi connectivity index (χ1v) is 7.92. The molecule has 2 saturated heterocycles. The average Bonchev–Trinajstić information content (AvgIpc) is 2.55. The number of aromatic nitrogens is 1. The summed E-state index contributed by atoms with van der Waals surface area (Å²) in [5.74, 6) is 1.58. The summed E-state index contributed by atoms with van der Waals surface area (Å²) in [5.41, 5.74) is 0. The predicted octanol–water partition coefficient (Wildman–Crippen LogP) is 1.12. The van der Waals surface area contributed by atoms with Crippen LogP contribution in [0.25, 0.3) is 0 Å². The van der Waals surface area contributed by atoms with E-state index in [1.165, 1.54) is 0 Å². The van der Waals surface area contributed by atoms with E-state index in [9.17, 15) is 4.79 Å². The summed E-state index contributed by atoms with van der Waals surface area (Å²) < 4.78 is 0. The zero-order valence-electron chi connectivity index (χ0n) is 12.7. The number of rotatable bonds is 2. The highest BCUT2D eigenvalue weighted by molar-refractivity contribution is 5.79. The largest absolute Gasteiger partial charge is 0.353 e. The third kappa shape index (κ3) is 3.35. The summed E-state index contributed by atoms with van der Waals surface area (Å²) in [4.78, 5) is 21.3. The van der Waals surface area contributed by atoms with Gasteiger partial charge in [0.25, 0.3) is 0 Å². The number of carbonyl (C=O) groups excluding carboxylic acids is 1. The van der Waals surface area contributed by atoms with E-state index in [1.54, 1.807) is 0 Å². The Balaban J connectivity index is 1.54. The van der Waals surface area contributed by atoms with Gasteiger partial charge in [-0.15, -0.1) is 0 Å². The lowest BCUT2D eigenvalue weighted by atomic mass is 9.92. The number of amides is 1. The first-order valence-electron chi connectivity index (χ1n) is 7.92. The molecule has 0 spiro atoms. The number of carbonyl (C=O) groups is 1. The van der Waals surface area contributed by atoms with Gasteiger partial charge in [0, 0.05) is 44.3 Å². The Labute approximate surface area is 126 Å². The molecule has 2 aliphatic rings. The first-order chi connectivity index (χ1) is 10.2. The van der Waals surface area contributed by atoms with Crippen molar-refractivity contribution in [1.29, 1.82) is 0 Å².